The van der Waals surface area contributed by atoms with Crippen LogP contribution in [0.5, 0.6) is 0 Å². The van der Waals surface area contributed by atoms with Crippen molar-refractivity contribution in [2.24, 2.45) is 0 Å². The van der Waals surface area contributed by atoms with Gasteiger partial charge in [0.15, 0.2) is 0 Å². The van der Waals surface area contributed by atoms with Crippen LogP contribution in [0.2, 0.25) is 0 Å². The van der Waals surface area contributed by atoms with E-state index in [1.54, 1.807) is 13.0 Å². The molecular weight excluding hydrogens is 368 g/mol. The third kappa shape index (κ3) is 5.90. The van der Waals surface area contributed by atoms with E-state index in [-0.39, 0.29) is 35.9 Å². The number of sulfonamides is 1. The van der Waals surface area contributed by atoms with Gasteiger partial charge in [0.1, 0.15) is 0 Å². The number of esters is 1. The standard InChI is InChI=1S/C19H22N2O5S/c1-14-8-9-16(19(23)26-2)13-17(14)27(24,25)21-11-10-20-18(22)12-15-6-4-3-5-7-15/h3-9,13,21H,10-12H2,1-2H3,(H,20,22). The van der Waals surface area contributed by atoms with Crippen LogP contribution in [0.15, 0.2) is 53.4 Å². The summed E-state index contributed by atoms with van der Waals surface area (Å²) in [6, 6.07) is 13.6. The third-order valence-corrected chi connectivity index (χ3v) is 5.45. The minimum absolute atomic E-state index is 0.000937. The minimum Gasteiger partial charge on any atom is -0.465 e. The van der Waals surface area contributed by atoms with E-state index in [1.165, 1.54) is 19.2 Å². The summed E-state index contributed by atoms with van der Waals surface area (Å²) in [5.74, 6) is -0.802. The van der Waals surface area contributed by atoms with E-state index < -0.39 is 16.0 Å². The van der Waals surface area contributed by atoms with E-state index in [1.807, 2.05) is 30.3 Å². The molecule has 0 saturated carbocycles. The predicted octanol–water partition coefficient (Wildman–Crippen LogP) is 1.42. The molecule has 0 fully saturated rings. The number of aryl methyl sites for hydroxylation is 1. The van der Waals surface area contributed by atoms with Gasteiger partial charge < -0.3 is 10.1 Å². The molecule has 1 amide bonds. The first-order valence-electron chi connectivity index (χ1n) is 8.33. The van der Waals surface area contributed by atoms with E-state index in [2.05, 4.69) is 14.8 Å². The Labute approximate surface area is 158 Å². The molecule has 0 aliphatic rings. The average molecular weight is 390 g/mol. The normalized spacial score (nSPS) is 11.0. The third-order valence-electron chi connectivity index (χ3n) is 3.85. The maximum atomic E-state index is 12.5. The molecule has 2 aromatic rings. The van der Waals surface area contributed by atoms with Crippen molar-refractivity contribution < 1.29 is 22.7 Å². The van der Waals surface area contributed by atoms with Crippen molar-refractivity contribution in [2.75, 3.05) is 20.2 Å². The number of methoxy groups -OCH3 is 1. The maximum Gasteiger partial charge on any atom is 0.337 e. The Morgan fingerprint density at radius 2 is 1.74 bits per heavy atom. The molecule has 7 nitrogen and oxygen atoms in total. The zero-order chi connectivity index (χ0) is 19.9. The molecule has 0 bridgehead atoms. The van der Waals surface area contributed by atoms with Crippen LogP contribution in [0.3, 0.4) is 0 Å². The number of hydrogen-bond donors (Lipinski definition) is 2. The lowest BCUT2D eigenvalue weighted by Gasteiger charge is -2.11. The number of carbonyl (C=O) groups excluding carboxylic acids is 2. The molecule has 8 heteroatoms. The van der Waals surface area contributed by atoms with E-state index in [9.17, 15) is 18.0 Å². The van der Waals surface area contributed by atoms with Crippen molar-refractivity contribution in [3.8, 4) is 0 Å². The largest absolute Gasteiger partial charge is 0.465 e. The molecule has 0 heterocycles. The van der Waals surface area contributed by atoms with Crippen molar-refractivity contribution >= 4 is 21.9 Å². The van der Waals surface area contributed by atoms with E-state index in [0.29, 0.717) is 5.56 Å². The molecule has 144 valence electrons. The Morgan fingerprint density at radius 3 is 2.41 bits per heavy atom. The molecule has 0 atom stereocenters. The highest BCUT2D eigenvalue weighted by atomic mass is 32.2. The Morgan fingerprint density at radius 1 is 1.04 bits per heavy atom. The number of hydrogen-bond acceptors (Lipinski definition) is 5. The monoisotopic (exact) mass is 390 g/mol. The number of amides is 1. The topological polar surface area (TPSA) is 102 Å². The summed E-state index contributed by atoms with van der Waals surface area (Å²) >= 11 is 0. The molecule has 0 radical (unpaired) electrons. The van der Waals surface area contributed by atoms with E-state index in [4.69, 9.17) is 0 Å². The Hall–Kier alpha value is -2.71. The summed E-state index contributed by atoms with van der Waals surface area (Å²) in [5.41, 5.74) is 1.54. The first-order chi connectivity index (χ1) is 12.8. The number of rotatable bonds is 8. The van der Waals surface area contributed by atoms with Gasteiger partial charge in [0.2, 0.25) is 15.9 Å². The van der Waals surface area contributed by atoms with Gasteiger partial charge in [-0.1, -0.05) is 36.4 Å². The molecule has 0 unspecified atom stereocenters. The Bertz CT molecular complexity index is 911. The van der Waals surface area contributed by atoms with Crippen LogP contribution in [0.1, 0.15) is 21.5 Å². The lowest BCUT2D eigenvalue weighted by Crippen LogP contribution is -2.35. The van der Waals surface area contributed by atoms with Crippen LogP contribution >= 0.6 is 0 Å². The van der Waals surface area contributed by atoms with Crippen molar-refractivity contribution in [1.82, 2.24) is 10.0 Å². The van der Waals surface area contributed by atoms with Crippen LogP contribution in [0.25, 0.3) is 0 Å². The van der Waals surface area contributed by atoms with Crippen LogP contribution in [-0.2, 0) is 26.0 Å². The molecule has 0 saturated heterocycles. The highest BCUT2D eigenvalue weighted by Crippen LogP contribution is 2.17. The maximum absolute atomic E-state index is 12.5. The predicted molar refractivity (Wildman–Crippen MR) is 101 cm³/mol. The summed E-state index contributed by atoms with van der Waals surface area (Å²) < 4.78 is 32.0. The summed E-state index contributed by atoms with van der Waals surface area (Å²) in [4.78, 5) is 23.5. The second kappa shape index (κ2) is 9.29. The van der Waals surface area contributed by atoms with E-state index >= 15 is 0 Å². The Kier molecular flexibility index (Phi) is 7.09. The molecule has 0 aromatic heterocycles. The van der Waals surface area contributed by atoms with Crippen molar-refractivity contribution in [1.29, 1.82) is 0 Å². The fourth-order valence-electron chi connectivity index (χ4n) is 2.44. The molecule has 0 aliphatic heterocycles. The van der Waals surface area contributed by atoms with Crippen LogP contribution in [0.4, 0.5) is 0 Å². The first kappa shape index (κ1) is 20.6. The fraction of sp³-hybridized carbons (Fsp3) is 0.263. The van der Waals surface area contributed by atoms with Gasteiger partial charge in [0.05, 0.1) is 24.0 Å². The summed E-state index contributed by atoms with van der Waals surface area (Å²) in [6.45, 7) is 1.82. The zero-order valence-electron chi connectivity index (χ0n) is 15.2. The molecule has 0 aliphatic carbocycles. The molecular formula is C19H22N2O5S. The number of carbonyl (C=O) groups is 2. The van der Waals surface area contributed by atoms with Gasteiger partial charge in [-0.2, -0.15) is 0 Å². The summed E-state index contributed by atoms with van der Waals surface area (Å²) in [5, 5.41) is 2.67. The molecule has 2 N–H and O–H groups in total. The highest BCUT2D eigenvalue weighted by Gasteiger charge is 2.19. The highest BCUT2D eigenvalue weighted by molar-refractivity contribution is 7.89. The van der Waals surface area contributed by atoms with Gasteiger partial charge in [-0.15, -0.1) is 0 Å². The lowest BCUT2D eigenvalue weighted by atomic mass is 10.1. The van der Waals surface area contributed by atoms with Crippen LogP contribution in [0, 0.1) is 6.92 Å². The van der Waals surface area contributed by atoms with Gasteiger partial charge in [-0.25, -0.2) is 17.9 Å². The van der Waals surface area contributed by atoms with Crippen molar-refractivity contribution in [3.05, 3.63) is 65.2 Å². The van der Waals surface area contributed by atoms with Gasteiger partial charge in [0.25, 0.3) is 0 Å². The SMILES string of the molecule is COC(=O)c1ccc(C)c(S(=O)(=O)NCCNC(=O)Cc2ccccc2)c1. The Balaban J connectivity index is 1.91. The van der Waals surface area contributed by atoms with Gasteiger partial charge >= 0.3 is 5.97 Å². The fourth-order valence-corrected chi connectivity index (χ4v) is 3.74. The number of nitrogens with one attached hydrogen (secondary N) is 2. The lowest BCUT2D eigenvalue weighted by molar-refractivity contribution is -0.120. The van der Waals surface area contributed by atoms with Crippen molar-refractivity contribution in [3.63, 3.8) is 0 Å². The number of benzene rings is 2. The molecule has 2 aromatic carbocycles. The van der Waals surface area contributed by atoms with Crippen LogP contribution < -0.4 is 10.0 Å². The first-order valence-corrected chi connectivity index (χ1v) is 9.81. The van der Waals surface area contributed by atoms with Gasteiger partial charge in [-0.05, 0) is 30.2 Å². The van der Waals surface area contributed by atoms with Crippen LogP contribution in [-0.4, -0.2) is 40.5 Å². The van der Waals surface area contributed by atoms with Crippen molar-refractivity contribution in [2.45, 2.75) is 18.2 Å². The summed E-state index contributed by atoms with van der Waals surface area (Å²) in [6.07, 6.45) is 0.230. The second-order valence-corrected chi connectivity index (χ2v) is 7.62. The second-order valence-electron chi connectivity index (χ2n) is 5.88. The minimum atomic E-state index is -3.82. The zero-order valence-corrected chi connectivity index (χ0v) is 16.0. The smallest absolute Gasteiger partial charge is 0.337 e. The van der Waals surface area contributed by atoms with E-state index in [0.717, 1.165) is 5.56 Å². The molecule has 27 heavy (non-hydrogen) atoms. The number of ether oxygens (including phenoxy) is 1. The van der Waals surface area contributed by atoms with Gasteiger partial charge in [0, 0.05) is 13.1 Å². The quantitative estimate of drug-likeness (QED) is 0.524. The summed E-state index contributed by atoms with van der Waals surface area (Å²) in [7, 11) is -2.59. The van der Waals surface area contributed by atoms with Gasteiger partial charge in [-0.3, -0.25) is 4.79 Å². The molecule has 0 spiro atoms. The average Bonchev–Trinajstić information content (AvgIpc) is 2.65. The molecule has 2 rings (SSSR count).